The van der Waals surface area contributed by atoms with E-state index in [0.717, 1.165) is 18.6 Å². The fourth-order valence-electron chi connectivity index (χ4n) is 1.23. The number of thioether (sulfide) groups is 1. The van der Waals surface area contributed by atoms with E-state index in [9.17, 15) is 8.42 Å². The van der Waals surface area contributed by atoms with Gasteiger partial charge in [0, 0.05) is 12.7 Å². The molecule has 0 aliphatic heterocycles. The third-order valence-electron chi connectivity index (χ3n) is 2.08. The van der Waals surface area contributed by atoms with Gasteiger partial charge >= 0.3 is 0 Å². The molecule has 1 aromatic heterocycles. The highest BCUT2D eigenvalue weighted by molar-refractivity contribution is 7.98. The zero-order chi connectivity index (χ0) is 12.7. The zero-order valence-corrected chi connectivity index (χ0v) is 11.9. The molecular formula is C10H15ClN2O2S2. The second-order valence-corrected chi connectivity index (χ2v) is 6.47. The largest absolute Gasteiger partial charge is 0.243 e. The number of pyridine rings is 1. The van der Waals surface area contributed by atoms with Crippen LogP contribution in [-0.4, -0.2) is 32.0 Å². The summed E-state index contributed by atoms with van der Waals surface area (Å²) in [4.78, 5) is 3.78. The van der Waals surface area contributed by atoms with Crippen molar-refractivity contribution >= 4 is 33.4 Å². The Morgan fingerprint density at radius 1 is 1.47 bits per heavy atom. The van der Waals surface area contributed by atoms with E-state index in [1.54, 1.807) is 17.8 Å². The van der Waals surface area contributed by atoms with Crippen LogP contribution in [0.2, 0.25) is 5.15 Å². The van der Waals surface area contributed by atoms with Crippen molar-refractivity contribution in [1.29, 1.82) is 0 Å². The fourth-order valence-corrected chi connectivity index (χ4v) is 3.25. The maximum atomic E-state index is 11.8. The molecule has 96 valence electrons. The molecule has 7 heteroatoms. The van der Waals surface area contributed by atoms with Gasteiger partial charge in [0.15, 0.2) is 0 Å². The molecule has 0 saturated carbocycles. The van der Waals surface area contributed by atoms with Crippen LogP contribution in [0.4, 0.5) is 0 Å². The zero-order valence-electron chi connectivity index (χ0n) is 9.52. The van der Waals surface area contributed by atoms with Crippen LogP contribution in [0.1, 0.15) is 12.8 Å². The third-order valence-corrected chi connectivity index (χ3v) is 4.68. The summed E-state index contributed by atoms with van der Waals surface area (Å²) in [7, 11) is -3.53. The van der Waals surface area contributed by atoms with E-state index in [-0.39, 0.29) is 10.0 Å². The number of aromatic nitrogens is 1. The number of hydrogen-bond acceptors (Lipinski definition) is 4. The first-order chi connectivity index (χ1) is 8.08. The average molecular weight is 295 g/mol. The first-order valence-corrected chi connectivity index (χ1v) is 8.42. The van der Waals surface area contributed by atoms with Crippen LogP contribution in [0.25, 0.3) is 0 Å². The van der Waals surface area contributed by atoms with Crippen molar-refractivity contribution in [3.05, 3.63) is 23.5 Å². The van der Waals surface area contributed by atoms with E-state index in [2.05, 4.69) is 9.71 Å². The Morgan fingerprint density at radius 3 is 2.88 bits per heavy atom. The van der Waals surface area contributed by atoms with Crippen LogP contribution in [-0.2, 0) is 10.0 Å². The number of nitrogens with zero attached hydrogens (tertiary/aromatic N) is 1. The van der Waals surface area contributed by atoms with E-state index in [1.165, 1.54) is 12.3 Å². The Hall–Kier alpha value is -0.300. The van der Waals surface area contributed by atoms with Crippen molar-refractivity contribution in [3.63, 3.8) is 0 Å². The minimum atomic E-state index is -3.53. The highest BCUT2D eigenvalue weighted by Crippen LogP contribution is 2.17. The first kappa shape index (κ1) is 14.8. The van der Waals surface area contributed by atoms with Gasteiger partial charge in [-0.1, -0.05) is 11.6 Å². The fraction of sp³-hybridized carbons (Fsp3) is 0.500. The molecule has 0 aromatic carbocycles. The van der Waals surface area contributed by atoms with Crippen molar-refractivity contribution in [1.82, 2.24) is 9.71 Å². The molecule has 0 spiro atoms. The molecule has 1 aromatic rings. The lowest BCUT2D eigenvalue weighted by atomic mass is 10.3. The van der Waals surface area contributed by atoms with Gasteiger partial charge < -0.3 is 0 Å². The summed E-state index contributed by atoms with van der Waals surface area (Å²) in [6, 6.07) is 2.99. The molecular weight excluding hydrogens is 280 g/mol. The van der Waals surface area contributed by atoms with Gasteiger partial charge in [0.1, 0.15) is 10.0 Å². The number of rotatable bonds is 7. The molecule has 1 heterocycles. The molecule has 1 N–H and O–H groups in total. The van der Waals surface area contributed by atoms with Gasteiger partial charge in [0.05, 0.1) is 0 Å². The summed E-state index contributed by atoms with van der Waals surface area (Å²) in [5.74, 6) is 1.04. The van der Waals surface area contributed by atoms with Gasteiger partial charge in [0.25, 0.3) is 0 Å². The van der Waals surface area contributed by atoms with Gasteiger partial charge in [-0.2, -0.15) is 11.8 Å². The molecule has 0 saturated heterocycles. The Balaban J connectivity index is 2.55. The number of halogens is 1. The van der Waals surface area contributed by atoms with Crippen LogP contribution >= 0.6 is 23.4 Å². The lowest BCUT2D eigenvalue weighted by Crippen LogP contribution is -2.25. The standard InChI is InChI=1S/C10H15ClN2O2S2/c1-16-8-3-2-7-13-17(14,15)9-5-4-6-12-10(9)11/h4-6,13H,2-3,7-8H2,1H3. The highest BCUT2D eigenvalue weighted by Gasteiger charge is 2.17. The van der Waals surface area contributed by atoms with Gasteiger partial charge in [-0.05, 0) is 37.0 Å². The second kappa shape index (κ2) is 7.20. The third kappa shape index (κ3) is 4.83. The number of nitrogens with one attached hydrogen (secondary N) is 1. The minimum Gasteiger partial charge on any atom is -0.243 e. The molecule has 4 nitrogen and oxygen atoms in total. The predicted molar refractivity (Wildman–Crippen MR) is 72.1 cm³/mol. The number of hydrogen-bond donors (Lipinski definition) is 1. The number of sulfonamides is 1. The molecule has 0 unspecified atom stereocenters. The van der Waals surface area contributed by atoms with Gasteiger partial charge in [-0.3, -0.25) is 0 Å². The summed E-state index contributed by atoms with van der Waals surface area (Å²) >= 11 is 7.49. The summed E-state index contributed by atoms with van der Waals surface area (Å²) in [5, 5.41) is 0.00381. The van der Waals surface area contributed by atoms with E-state index in [4.69, 9.17) is 11.6 Å². The molecule has 0 bridgehead atoms. The Kier molecular flexibility index (Phi) is 6.26. The van der Waals surface area contributed by atoms with Crippen LogP contribution in [0, 0.1) is 0 Å². The van der Waals surface area contributed by atoms with E-state index in [0.29, 0.717) is 6.54 Å². The normalized spacial score (nSPS) is 11.6. The van der Waals surface area contributed by atoms with Crippen molar-refractivity contribution in [2.75, 3.05) is 18.6 Å². The lowest BCUT2D eigenvalue weighted by molar-refractivity contribution is 0.578. The molecule has 0 atom stereocenters. The lowest BCUT2D eigenvalue weighted by Gasteiger charge is -2.07. The average Bonchev–Trinajstić information content (AvgIpc) is 2.29. The number of unbranched alkanes of at least 4 members (excludes halogenated alkanes) is 1. The summed E-state index contributed by atoms with van der Waals surface area (Å²) in [5.41, 5.74) is 0. The van der Waals surface area contributed by atoms with Gasteiger partial charge in [0.2, 0.25) is 10.0 Å². The van der Waals surface area contributed by atoms with Gasteiger partial charge in [-0.15, -0.1) is 0 Å². The Morgan fingerprint density at radius 2 is 2.24 bits per heavy atom. The van der Waals surface area contributed by atoms with Gasteiger partial charge in [-0.25, -0.2) is 18.1 Å². The smallest absolute Gasteiger partial charge is 0.243 e. The monoisotopic (exact) mass is 294 g/mol. The van der Waals surface area contributed by atoms with E-state index in [1.807, 2.05) is 6.26 Å². The molecule has 0 radical (unpaired) electrons. The van der Waals surface area contributed by atoms with E-state index < -0.39 is 10.0 Å². The SMILES string of the molecule is CSCCCCNS(=O)(=O)c1cccnc1Cl. The van der Waals surface area contributed by atoms with Crippen molar-refractivity contribution in [3.8, 4) is 0 Å². The van der Waals surface area contributed by atoms with Crippen molar-refractivity contribution in [2.24, 2.45) is 0 Å². The second-order valence-electron chi connectivity index (χ2n) is 3.39. The maximum Gasteiger partial charge on any atom is 0.243 e. The molecule has 17 heavy (non-hydrogen) atoms. The molecule has 0 fully saturated rings. The Labute approximate surface area is 111 Å². The van der Waals surface area contributed by atoms with Crippen LogP contribution in [0.15, 0.2) is 23.2 Å². The molecule has 1 rings (SSSR count). The predicted octanol–water partition coefficient (Wildman–Crippen LogP) is 2.16. The van der Waals surface area contributed by atoms with Crippen molar-refractivity contribution in [2.45, 2.75) is 17.7 Å². The molecule has 0 amide bonds. The maximum absolute atomic E-state index is 11.8. The van der Waals surface area contributed by atoms with Crippen LogP contribution in [0.3, 0.4) is 0 Å². The van der Waals surface area contributed by atoms with Crippen LogP contribution in [0.5, 0.6) is 0 Å². The highest BCUT2D eigenvalue weighted by atomic mass is 35.5. The Bertz CT molecular complexity index is 451. The first-order valence-electron chi connectivity index (χ1n) is 5.17. The minimum absolute atomic E-state index is 0.00381. The van der Waals surface area contributed by atoms with Crippen molar-refractivity contribution < 1.29 is 8.42 Å². The van der Waals surface area contributed by atoms with Crippen LogP contribution < -0.4 is 4.72 Å². The quantitative estimate of drug-likeness (QED) is 0.618. The topological polar surface area (TPSA) is 59.1 Å². The summed E-state index contributed by atoms with van der Waals surface area (Å²) < 4.78 is 26.2. The van der Waals surface area contributed by atoms with E-state index >= 15 is 0 Å². The summed E-state index contributed by atoms with van der Waals surface area (Å²) in [6.45, 7) is 0.425. The summed E-state index contributed by atoms with van der Waals surface area (Å²) in [6.07, 6.45) is 5.29. The molecule has 0 aliphatic rings. The molecule has 0 aliphatic carbocycles.